The maximum atomic E-state index is 5.93. The summed E-state index contributed by atoms with van der Waals surface area (Å²) in [7, 11) is 0. The van der Waals surface area contributed by atoms with E-state index in [0.717, 1.165) is 29.4 Å². The summed E-state index contributed by atoms with van der Waals surface area (Å²) in [4.78, 5) is 8.50. The first kappa shape index (κ1) is 14.5. The lowest BCUT2D eigenvalue weighted by Crippen LogP contribution is -2.05. The van der Waals surface area contributed by atoms with E-state index < -0.39 is 0 Å². The third-order valence-corrected chi connectivity index (χ3v) is 3.65. The molecule has 0 unspecified atom stereocenters. The van der Waals surface area contributed by atoms with Gasteiger partial charge in [0.05, 0.1) is 0 Å². The van der Waals surface area contributed by atoms with Crippen LogP contribution >= 0.6 is 11.6 Å². The number of benzene rings is 2. The van der Waals surface area contributed by atoms with Gasteiger partial charge in [0, 0.05) is 29.7 Å². The maximum Gasteiger partial charge on any atom is 0.133 e. The minimum absolute atomic E-state index is 0.742. The molecule has 0 atom stereocenters. The molecule has 0 aliphatic carbocycles. The Balaban J connectivity index is 1.73. The van der Waals surface area contributed by atoms with E-state index in [1.54, 1.807) is 6.33 Å². The number of rotatable bonds is 5. The highest BCUT2D eigenvalue weighted by Crippen LogP contribution is 2.18. The third kappa shape index (κ3) is 3.83. The van der Waals surface area contributed by atoms with Crippen molar-refractivity contribution in [3.8, 4) is 0 Å². The van der Waals surface area contributed by atoms with Gasteiger partial charge >= 0.3 is 0 Å². The Morgan fingerprint density at radius 2 is 1.68 bits per heavy atom. The van der Waals surface area contributed by atoms with Gasteiger partial charge in [0.25, 0.3) is 0 Å². The van der Waals surface area contributed by atoms with E-state index in [2.05, 4.69) is 27.4 Å². The van der Waals surface area contributed by atoms with Gasteiger partial charge in [-0.2, -0.15) is 0 Å². The van der Waals surface area contributed by atoms with E-state index in [1.165, 1.54) is 11.1 Å². The van der Waals surface area contributed by atoms with Crippen LogP contribution in [0.5, 0.6) is 0 Å². The molecule has 3 rings (SSSR count). The lowest BCUT2D eigenvalue weighted by molar-refractivity contribution is 1.03. The van der Waals surface area contributed by atoms with Crippen LogP contribution in [0.4, 0.5) is 5.82 Å². The van der Waals surface area contributed by atoms with Crippen molar-refractivity contribution in [2.75, 3.05) is 5.32 Å². The van der Waals surface area contributed by atoms with Crippen LogP contribution in [-0.4, -0.2) is 9.97 Å². The van der Waals surface area contributed by atoms with Crippen LogP contribution in [0.1, 0.15) is 16.7 Å². The molecule has 1 heterocycles. The smallest absolute Gasteiger partial charge is 0.133 e. The SMILES string of the molecule is Clc1ccc(Cc2cncnc2NCc2ccccc2)cc1. The first-order valence-electron chi connectivity index (χ1n) is 7.12. The second-order valence-electron chi connectivity index (χ2n) is 5.04. The Kier molecular flexibility index (Phi) is 4.66. The van der Waals surface area contributed by atoms with Gasteiger partial charge in [-0.05, 0) is 23.3 Å². The summed E-state index contributed by atoms with van der Waals surface area (Å²) in [6.45, 7) is 0.742. The van der Waals surface area contributed by atoms with Crippen molar-refractivity contribution >= 4 is 17.4 Å². The van der Waals surface area contributed by atoms with E-state index >= 15 is 0 Å². The van der Waals surface area contributed by atoms with Gasteiger partial charge in [-0.3, -0.25) is 0 Å². The van der Waals surface area contributed by atoms with Gasteiger partial charge in [0.1, 0.15) is 12.1 Å². The summed E-state index contributed by atoms with van der Waals surface area (Å²) in [5, 5.41) is 4.13. The van der Waals surface area contributed by atoms with Crippen LogP contribution in [0.2, 0.25) is 5.02 Å². The quantitative estimate of drug-likeness (QED) is 0.762. The zero-order valence-electron chi connectivity index (χ0n) is 12.0. The lowest BCUT2D eigenvalue weighted by atomic mass is 10.1. The molecule has 110 valence electrons. The largest absolute Gasteiger partial charge is 0.366 e. The monoisotopic (exact) mass is 309 g/mol. The topological polar surface area (TPSA) is 37.8 Å². The van der Waals surface area contributed by atoms with E-state index in [0.29, 0.717) is 0 Å². The fourth-order valence-corrected chi connectivity index (χ4v) is 2.38. The zero-order chi connectivity index (χ0) is 15.2. The Labute approximate surface area is 135 Å². The molecular weight excluding hydrogens is 294 g/mol. The number of anilines is 1. The second kappa shape index (κ2) is 7.05. The predicted molar refractivity (Wildman–Crippen MR) is 90.1 cm³/mol. The molecular formula is C18H16ClN3. The molecule has 3 aromatic rings. The number of hydrogen-bond donors (Lipinski definition) is 1. The first-order valence-corrected chi connectivity index (χ1v) is 7.50. The Hall–Kier alpha value is -2.39. The minimum Gasteiger partial charge on any atom is -0.366 e. The molecule has 0 fully saturated rings. The second-order valence-corrected chi connectivity index (χ2v) is 5.48. The van der Waals surface area contributed by atoms with Crippen molar-refractivity contribution in [1.82, 2.24) is 9.97 Å². The summed E-state index contributed by atoms with van der Waals surface area (Å²) in [5.41, 5.74) is 3.47. The molecule has 0 radical (unpaired) electrons. The third-order valence-electron chi connectivity index (χ3n) is 3.40. The lowest BCUT2D eigenvalue weighted by Gasteiger charge is -2.10. The van der Waals surface area contributed by atoms with E-state index in [4.69, 9.17) is 11.6 Å². The fraction of sp³-hybridized carbons (Fsp3) is 0.111. The summed E-state index contributed by atoms with van der Waals surface area (Å²) < 4.78 is 0. The van der Waals surface area contributed by atoms with E-state index in [-0.39, 0.29) is 0 Å². The van der Waals surface area contributed by atoms with E-state index in [9.17, 15) is 0 Å². The van der Waals surface area contributed by atoms with Gasteiger partial charge in [-0.25, -0.2) is 9.97 Å². The molecule has 1 N–H and O–H groups in total. The molecule has 22 heavy (non-hydrogen) atoms. The fourth-order valence-electron chi connectivity index (χ4n) is 2.25. The summed E-state index contributed by atoms with van der Waals surface area (Å²) in [6.07, 6.45) is 4.20. The molecule has 0 saturated heterocycles. The Morgan fingerprint density at radius 3 is 2.45 bits per heavy atom. The van der Waals surface area contributed by atoms with Crippen LogP contribution in [-0.2, 0) is 13.0 Å². The number of hydrogen-bond acceptors (Lipinski definition) is 3. The molecule has 0 aliphatic rings. The Morgan fingerprint density at radius 1 is 0.909 bits per heavy atom. The van der Waals surface area contributed by atoms with Gasteiger partial charge in [0.15, 0.2) is 0 Å². The highest BCUT2D eigenvalue weighted by molar-refractivity contribution is 6.30. The van der Waals surface area contributed by atoms with Gasteiger partial charge in [-0.15, -0.1) is 0 Å². The molecule has 0 spiro atoms. The molecule has 0 bridgehead atoms. The van der Waals surface area contributed by atoms with Crippen molar-refractivity contribution in [2.24, 2.45) is 0 Å². The number of aromatic nitrogens is 2. The van der Waals surface area contributed by atoms with E-state index in [1.807, 2.05) is 48.7 Å². The zero-order valence-corrected chi connectivity index (χ0v) is 12.8. The van der Waals surface area contributed by atoms with Crippen LogP contribution < -0.4 is 5.32 Å². The highest BCUT2D eigenvalue weighted by atomic mass is 35.5. The Bertz CT molecular complexity index is 727. The highest BCUT2D eigenvalue weighted by Gasteiger charge is 2.05. The predicted octanol–water partition coefficient (Wildman–Crippen LogP) is 4.33. The standard InChI is InChI=1S/C18H16ClN3/c19-17-8-6-14(7-9-17)10-16-12-20-13-22-18(16)21-11-15-4-2-1-3-5-15/h1-9,12-13H,10-11H2,(H,20,21,22). The molecule has 1 aromatic heterocycles. The van der Waals surface area contributed by atoms with Gasteiger partial charge in [-0.1, -0.05) is 54.1 Å². The van der Waals surface area contributed by atoms with Crippen molar-refractivity contribution in [2.45, 2.75) is 13.0 Å². The van der Waals surface area contributed by atoms with Crippen LogP contribution in [0.15, 0.2) is 67.1 Å². The molecule has 4 heteroatoms. The average Bonchev–Trinajstić information content (AvgIpc) is 2.57. The number of nitrogens with one attached hydrogen (secondary N) is 1. The van der Waals surface area contributed by atoms with Gasteiger partial charge in [0.2, 0.25) is 0 Å². The van der Waals surface area contributed by atoms with Crippen LogP contribution in [0.25, 0.3) is 0 Å². The molecule has 0 saturated carbocycles. The summed E-state index contributed by atoms with van der Waals surface area (Å²) >= 11 is 5.93. The average molecular weight is 310 g/mol. The van der Waals surface area contributed by atoms with Crippen molar-refractivity contribution in [3.05, 3.63) is 88.8 Å². The summed E-state index contributed by atoms with van der Waals surface area (Å²) in [6, 6.07) is 18.1. The molecule has 3 nitrogen and oxygen atoms in total. The molecule has 0 amide bonds. The first-order chi connectivity index (χ1) is 10.8. The molecule has 0 aliphatic heterocycles. The van der Waals surface area contributed by atoms with Crippen LogP contribution in [0.3, 0.4) is 0 Å². The molecule has 2 aromatic carbocycles. The minimum atomic E-state index is 0.742. The van der Waals surface area contributed by atoms with Crippen molar-refractivity contribution in [3.63, 3.8) is 0 Å². The van der Waals surface area contributed by atoms with Crippen molar-refractivity contribution < 1.29 is 0 Å². The maximum absolute atomic E-state index is 5.93. The van der Waals surface area contributed by atoms with Crippen LogP contribution in [0, 0.1) is 0 Å². The number of halogens is 1. The summed E-state index contributed by atoms with van der Waals surface area (Å²) in [5.74, 6) is 0.869. The van der Waals surface area contributed by atoms with Gasteiger partial charge < -0.3 is 5.32 Å². The number of nitrogens with zero attached hydrogens (tertiary/aromatic N) is 2. The van der Waals surface area contributed by atoms with Crippen molar-refractivity contribution in [1.29, 1.82) is 0 Å². The normalized spacial score (nSPS) is 10.4.